The van der Waals surface area contributed by atoms with Gasteiger partial charge in [-0.25, -0.2) is 0 Å². The summed E-state index contributed by atoms with van der Waals surface area (Å²) in [5.41, 5.74) is 1.61. The topological polar surface area (TPSA) is 9.23 Å². The van der Waals surface area contributed by atoms with Gasteiger partial charge in [0.2, 0.25) is 0 Å². The summed E-state index contributed by atoms with van der Waals surface area (Å²) < 4.78 is 6.56. The van der Waals surface area contributed by atoms with Crippen molar-refractivity contribution in [3.63, 3.8) is 0 Å². The van der Waals surface area contributed by atoms with Gasteiger partial charge in [0.25, 0.3) is 0 Å². The highest BCUT2D eigenvalue weighted by molar-refractivity contribution is 9.10. The molecule has 0 heterocycles. The molecular weight excluding hydrogens is 344 g/mol. The zero-order valence-electron chi connectivity index (χ0n) is 10.7. The normalized spacial score (nSPS) is 11.6. The highest BCUT2D eigenvalue weighted by atomic mass is 79.9. The van der Waals surface area contributed by atoms with Gasteiger partial charge in [0.05, 0.1) is 7.11 Å². The van der Waals surface area contributed by atoms with Crippen LogP contribution in [0, 0.1) is 5.41 Å². The second-order valence-electron chi connectivity index (χ2n) is 4.47. The second-order valence-corrected chi connectivity index (χ2v) is 5.95. The van der Waals surface area contributed by atoms with Crippen LogP contribution in [-0.2, 0) is 6.42 Å². The second kappa shape index (κ2) is 6.79. The summed E-state index contributed by atoms with van der Waals surface area (Å²) in [6.45, 7) is 4.52. The maximum atomic E-state index is 5.44. The molecule has 0 aliphatic carbocycles. The average Bonchev–Trinajstić information content (AvgIpc) is 2.36. The number of methoxy groups -OCH3 is 1. The Balaban J connectivity index is 3.03. The van der Waals surface area contributed by atoms with E-state index < -0.39 is 0 Å². The monoisotopic (exact) mass is 362 g/mol. The SMILES string of the molecule is CCC(CC)(CBr)Cc1cc(Br)ccc1OC. The van der Waals surface area contributed by atoms with Gasteiger partial charge >= 0.3 is 0 Å². The quantitative estimate of drug-likeness (QED) is 0.631. The minimum Gasteiger partial charge on any atom is -0.496 e. The molecule has 0 spiro atoms. The van der Waals surface area contributed by atoms with Crippen LogP contribution < -0.4 is 4.74 Å². The standard InChI is InChI=1S/C14H20Br2O/c1-4-14(5-2,10-15)9-11-8-12(16)6-7-13(11)17-3/h6-8H,4-5,9-10H2,1-3H3. The number of ether oxygens (including phenoxy) is 1. The van der Waals surface area contributed by atoms with Crippen LogP contribution in [0.4, 0.5) is 0 Å². The molecule has 0 aromatic heterocycles. The van der Waals surface area contributed by atoms with E-state index in [1.807, 2.05) is 12.1 Å². The van der Waals surface area contributed by atoms with E-state index in [2.05, 4.69) is 51.8 Å². The summed E-state index contributed by atoms with van der Waals surface area (Å²) in [5.74, 6) is 0.987. The lowest BCUT2D eigenvalue weighted by Crippen LogP contribution is -2.24. The fraction of sp³-hybridized carbons (Fsp3) is 0.571. The third-order valence-corrected chi connectivity index (χ3v) is 5.27. The molecule has 0 bridgehead atoms. The van der Waals surface area contributed by atoms with Crippen LogP contribution in [0.1, 0.15) is 32.3 Å². The molecule has 0 saturated carbocycles. The Kier molecular flexibility index (Phi) is 6.01. The van der Waals surface area contributed by atoms with E-state index in [1.165, 1.54) is 18.4 Å². The van der Waals surface area contributed by atoms with Gasteiger partial charge in [-0.2, -0.15) is 0 Å². The van der Waals surface area contributed by atoms with Gasteiger partial charge in [-0.05, 0) is 48.4 Å². The Labute approximate surface area is 121 Å². The molecule has 0 fully saturated rings. The van der Waals surface area contributed by atoms with Crippen LogP contribution in [0.2, 0.25) is 0 Å². The Bertz CT molecular complexity index is 351. The average molecular weight is 364 g/mol. The summed E-state index contributed by atoms with van der Waals surface area (Å²) in [6.07, 6.45) is 3.39. The number of hydrogen-bond acceptors (Lipinski definition) is 1. The van der Waals surface area contributed by atoms with Gasteiger partial charge in [-0.1, -0.05) is 45.7 Å². The summed E-state index contributed by atoms with van der Waals surface area (Å²) in [7, 11) is 1.74. The Morgan fingerprint density at radius 3 is 2.35 bits per heavy atom. The van der Waals surface area contributed by atoms with Crippen LogP contribution in [-0.4, -0.2) is 12.4 Å². The Morgan fingerprint density at radius 1 is 1.24 bits per heavy atom. The summed E-state index contributed by atoms with van der Waals surface area (Å²) >= 11 is 7.19. The number of halogens is 2. The molecule has 1 nitrogen and oxygen atoms in total. The van der Waals surface area contributed by atoms with Gasteiger partial charge < -0.3 is 4.74 Å². The fourth-order valence-corrected chi connectivity index (χ4v) is 3.43. The number of benzene rings is 1. The van der Waals surface area contributed by atoms with E-state index in [-0.39, 0.29) is 0 Å². The number of hydrogen-bond donors (Lipinski definition) is 0. The van der Waals surface area contributed by atoms with Gasteiger partial charge in [0, 0.05) is 9.80 Å². The van der Waals surface area contributed by atoms with Crippen molar-refractivity contribution in [3.05, 3.63) is 28.2 Å². The minimum absolute atomic E-state index is 0.327. The molecule has 3 heteroatoms. The molecule has 0 amide bonds. The molecule has 0 atom stereocenters. The van der Waals surface area contributed by atoms with Crippen LogP contribution >= 0.6 is 31.9 Å². The van der Waals surface area contributed by atoms with Crippen molar-refractivity contribution in [3.8, 4) is 5.75 Å². The predicted octanol–water partition coefficient (Wildman–Crippen LogP) is 5.20. The summed E-state index contributed by atoms with van der Waals surface area (Å²) in [4.78, 5) is 0. The third kappa shape index (κ3) is 3.72. The highest BCUT2D eigenvalue weighted by Gasteiger charge is 2.26. The molecular formula is C14H20Br2O. The van der Waals surface area contributed by atoms with Crippen LogP contribution in [0.5, 0.6) is 5.75 Å². The van der Waals surface area contributed by atoms with Gasteiger partial charge in [0.15, 0.2) is 0 Å². The first-order chi connectivity index (χ1) is 8.10. The molecule has 1 rings (SSSR count). The van der Waals surface area contributed by atoms with Gasteiger partial charge in [-0.15, -0.1) is 0 Å². The summed E-state index contributed by atoms with van der Waals surface area (Å²) in [6, 6.07) is 6.22. The van der Waals surface area contributed by atoms with E-state index in [0.29, 0.717) is 5.41 Å². The molecule has 0 aliphatic rings. The summed E-state index contributed by atoms with van der Waals surface area (Å²) in [5, 5.41) is 1.03. The van der Waals surface area contributed by atoms with Crippen LogP contribution in [0.15, 0.2) is 22.7 Å². The first kappa shape index (κ1) is 15.0. The van der Waals surface area contributed by atoms with Crippen molar-refractivity contribution in [2.75, 3.05) is 12.4 Å². The zero-order valence-corrected chi connectivity index (χ0v) is 13.9. The molecule has 96 valence electrons. The predicted molar refractivity (Wildman–Crippen MR) is 81.2 cm³/mol. The van der Waals surface area contributed by atoms with E-state index in [1.54, 1.807) is 7.11 Å². The van der Waals surface area contributed by atoms with Gasteiger partial charge in [0.1, 0.15) is 5.75 Å². The molecule has 0 saturated heterocycles. The Morgan fingerprint density at radius 2 is 1.88 bits per heavy atom. The van der Waals surface area contributed by atoms with Crippen LogP contribution in [0.3, 0.4) is 0 Å². The van der Waals surface area contributed by atoms with E-state index in [4.69, 9.17) is 4.74 Å². The maximum absolute atomic E-state index is 5.44. The number of rotatable bonds is 6. The van der Waals surface area contributed by atoms with Crippen molar-refractivity contribution in [2.24, 2.45) is 5.41 Å². The molecule has 17 heavy (non-hydrogen) atoms. The Hall–Kier alpha value is -0.0200. The molecule has 0 radical (unpaired) electrons. The molecule has 0 N–H and O–H groups in total. The van der Waals surface area contributed by atoms with E-state index in [0.717, 1.165) is 22.0 Å². The van der Waals surface area contributed by atoms with Crippen molar-refractivity contribution < 1.29 is 4.74 Å². The lowest BCUT2D eigenvalue weighted by molar-refractivity contribution is 0.300. The van der Waals surface area contributed by atoms with Crippen molar-refractivity contribution >= 4 is 31.9 Å². The first-order valence-corrected chi connectivity index (χ1v) is 7.90. The molecule has 0 unspecified atom stereocenters. The zero-order chi connectivity index (χ0) is 12.9. The minimum atomic E-state index is 0.327. The highest BCUT2D eigenvalue weighted by Crippen LogP contribution is 2.36. The molecule has 1 aromatic rings. The van der Waals surface area contributed by atoms with Gasteiger partial charge in [-0.3, -0.25) is 0 Å². The lowest BCUT2D eigenvalue weighted by atomic mass is 9.79. The first-order valence-electron chi connectivity index (χ1n) is 5.99. The maximum Gasteiger partial charge on any atom is 0.122 e. The van der Waals surface area contributed by atoms with E-state index in [9.17, 15) is 0 Å². The largest absolute Gasteiger partial charge is 0.496 e. The van der Waals surface area contributed by atoms with Crippen LogP contribution in [0.25, 0.3) is 0 Å². The van der Waals surface area contributed by atoms with Crippen molar-refractivity contribution in [1.82, 2.24) is 0 Å². The third-order valence-electron chi connectivity index (χ3n) is 3.59. The smallest absolute Gasteiger partial charge is 0.122 e. The molecule has 1 aromatic carbocycles. The van der Waals surface area contributed by atoms with Crippen molar-refractivity contribution in [2.45, 2.75) is 33.1 Å². The molecule has 0 aliphatic heterocycles. The fourth-order valence-electron chi connectivity index (χ4n) is 2.03. The number of alkyl halides is 1. The lowest BCUT2D eigenvalue weighted by Gasteiger charge is -2.30. The van der Waals surface area contributed by atoms with Crippen molar-refractivity contribution in [1.29, 1.82) is 0 Å². The van der Waals surface area contributed by atoms with E-state index >= 15 is 0 Å².